The topological polar surface area (TPSA) is 98.0 Å². The van der Waals surface area contributed by atoms with Crippen LogP contribution >= 0.6 is 0 Å². The lowest BCUT2D eigenvalue weighted by Crippen LogP contribution is -2.11. The first-order valence-electron chi connectivity index (χ1n) is 5.45. The minimum atomic E-state index is -2.90. The first-order chi connectivity index (χ1) is 7.90. The van der Waals surface area contributed by atoms with Gasteiger partial charge in [0.05, 0.1) is 5.75 Å². The maximum absolute atomic E-state index is 10.9. The number of nitrogen functional groups attached to an aromatic ring is 1. The van der Waals surface area contributed by atoms with Crippen LogP contribution in [0, 0.1) is 0 Å². The van der Waals surface area contributed by atoms with Gasteiger partial charge in [-0.2, -0.15) is 0 Å². The van der Waals surface area contributed by atoms with Gasteiger partial charge in [0.25, 0.3) is 0 Å². The van der Waals surface area contributed by atoms with E-state index in [1.54, 1.807) is 6.07 Å². The average Bonchev–Trinajstić information content (AvgIpc) is 2.22. The minimum absolute atomic E-state index is 0.168. The average molecular weight is 258 g/mol. The van der Waals surface area contributed by atoms with E-state index >= 15 is 0 Å². The molecule has 0 saturated heterocycles. The molecule has 0 bridgehead atoms. The van der Waals surface area contributed by atoms with E-state index in [0.717, 1.165) is 0 Å². The third-order valence-electron chi connectivity index (χ3n) is 2.11. The molecule has 0 saturated carbocycles. The van der Waals surface area contributed by atoms with Crippen molar-refractivity contribution in [2.75, 3.05) is 29.6 Å². The highest BCUT2D eigenvalue weighted by atomic mass is 32.2. The number of sulfone groups is 1. The van der Waals surface area contributed by atoms with Crippen molar-refractivity contribution in [1.82, 2.24) is 9.97 Å². The SMILES string of the molecule is CCc1nc(N)cc(NCCCS(C)(=O)=O)n1. The van der Waals surface area contributed by atoms with Crippen molar-refractivity contribution in [1.29, 1.82) is 0 Å². The Kier molecular flexibility index (Phi) is 4.68. The van der Waals surface area contributed by atoms with Gasteiger partial charge in [-0.3, -0.25) is 0 Å². The van der Waals surface area contributed by atoms with E-state index < -0.39 is 9.84 Å². The van der Waals surface area contributed by atoms with Gasteiger partial charge in [0.1, 0.15) is 27.3 Å². The number of hydrogen-bond acceptors (Lipinski definition) is 6. The highest BCUT2D eigenvalue weighted by molar-refractivity contribution is 7.90. The maximum Gasteiger partial charge on any atom is 0.147 e. The molecule has 0 aromatic carbocycles. The van der Waals surface area contributed by atoms with Gasteiger partial charge in [-0.25, -0.2) is 18.4 Å². The predicted octanol–water partition coefficient (Wildman–Crippen LogP) is 0.468. The number of aryl methyl sites for hydroxylation is 1. The Morgan fingerprint density at radius 2 is 2.12 bits per heavy atom. The van der Waals surface area contributed by atoms with Crippen LogP contribution in [0.15, 0.2) is 6.07 Å². The number of nitrogens with zero attached hydrogens (tertiary/aromatic N) is 2. The molecular weight excluding hydrogens is 240 g/mol. The van der Waals surface area contributed by atoms with Gasteiger partial charge in [-0.1, -0.05) is 6.92 Å². The zero-order valence-electron chi connectivity index (χ0n) is 10.1. The lowest BCUT2D eigenvalue weighted by Gasteiger charge is -2.07. The Hall–Kier alpha value is -1.37. The summed E-state index contributed by atoms with van der Waals surface area (Å²) in [5.41, 5.74) is 5.62. The van der Waals surface area contributed by atoms with Crippen LogP contribution in [-0.4, -0.2) is 36.9 Å². The molecule has 0 amide bonds. The van der Waals surface area contributed by atoms with Crippen LogP contribution in [0.5, 0.6) is 0 Å². The third-order valence-corrected chi connectivity index (χ3v) is 3.14. The summed E-state index contributed by atoms with van der Waals surface area (Å²) in [7, 11) is -2.90. The zero-order chi connectivity index (χ0) is 12.9. The number of nitrogens with two attached hydrogens (primary N) is 1. The van der Waals surface area contributed by atoms with E-state index in [1.807, 2.05) is 6.92 Å². The first kappa shape index (κ1) is 13.7. The summed E-state index contributed by atoms with van der Waals surface area (Å²) in [4.78, 5) is 8.28. The Bertz CT molecular complexity index is 473. The van der Waals surface area contributed by atoms with Gasteiger partial charge in [0.2, 0.25) is 0 Å². The summed E-state index contributed by atoms with van der Waals surface area (Å²) in [5, 5.41) is 3.04. The van der Waals surface area contributed by atoms with Crippen LogP contribution < -0.4 is 11.1 Å². The minimum Gasteiger partial charge on any atom is -0.384 e. The van der Waals surface area contributed by atoms with Crippen LogP contribution in [0.1, 0.15) is 19.2 Å². The number of hydrogen-bond donors (Lipinski definition) is 2. The van der Waals surface area contributed by atoms with E-state index in [9.17, 15) is 8.42 Å². The third kappa shape index (κ3) is 5.48. The molecule has 7 heteroatoms. The highest BCUT2D eigenvalue weighted by Gasteiger charge is 2.03. The number of nitrogens with one attached hydrogen (secondary N) is 1. The van der Waals surface area contributed by atoms with Gasteiger partial charge in [-0.05, 0) is 6.42 Å². The van der Waals surface area contributed by atoms with Gasteiger partial charge in [-0.15, -0.1) is 0 Å². The Balaban J connectivity index is 2.49. The molecule has 1 aromatic rings. The molecule has 0 atom stereocenters. The molecule has 1 heterocycles. The number of anilines is 2. The fraction of sp³-hybridized carbons (Fsp3) is 0.600. The second kappa shape index (κ2) is 5.81. The summed E-state index contributed by atoms with van der Waals surface area (Å²) >= 11 is 0. The molecule has 1 rings (SSSR count). The predicted molar refractivity (Wildman–Crippen MR) is 68.6 cm³/mol. The second-order valence-corrected chi connectivity index (χ2v) is 6.12. The zero-order valence-corrected chi connectivity index (χ0v) is 10.9. The normalized spacial score (nSPS) is 11.4. The fourth-order valence-electron chi connectivity index (χ4n) is 1.32. The molecule has 0 aliphatic carbocycles. The summed E-state index contributed by atoms with van der Waals surface area (Å²) in [5.74, 6) is 1.90. The van der Waals surface area contributed by atoms with Crippen molar-refractivity contribution in [2.45, 2.75) is 19.8 Å². The summed E-state index contributed by atoms with van der Waals surface area (Å²) < 4.78 is 21.8. The fourth-order valence-corrected chi connectivity index (χ4v) is 1.99. The van der Waals surface area contributed by atoms with Gasteiger partial charge < -0.3 is 11.1 Å². The monoisotopic (exact) mass is 258 g/mol. The van der Waals surface area contributed by atoms with E-state index in [1.165, 1.54) is 6.26 Å². The summed E-state index contributed by atoms with van der Waals surface area (Å²) in [6.45, 7) is 2.49. The van der Waals surface area contributed by atoms with Crippen molar-refractivity contribution >= 4 is 21.5 Å². The van der Waals surface area contributed by atoms with Gasteiger partial charge in [0, 0.05) is 25.3 Å². The first-order valence-corrected chi connectivity index (χ1v) is 7.52. The Morgan fingerprint density at radius 3 is 2.71 bits per heavy atom. The van der Waals surface area contributed by atoms with Gasteiger partial charge in [0.15, 0.2) is 0 Å². The Labute approximate surface area is 102 Å². The molecule has 0 unspecified atom stereocenters. The number of aromatic nitrogens is 2. The molecule has 0 aliphatic rings. The molecule has 6 nitrogen and oxygen atoms in total. The van der Waals surface area contributed by atoms with E-state index in [4.69, 9.17) is 5.73 Å². The van der Waals surface area contributed by atoms with Crippen molar-refractivity contribution in [3.8, 4) is 0 Å². The van der Waals surface area contributed by atoms with Crippen molar-refractivity contribution in [2.24, 2.45) is 0 Å². The van der Waals surface area contributed by atoms with Crippen LogP contribution in [0.2, 0.25) is 0 Å². The van der Waals surface area contributed by atoms with E-state index in [-0.39, 0.29) is 5.75 Å². The highest BCUT2D eigenvalue weighted by Crippen LogP contribution is 2.08. The molecule has 0 fully saturated rings. The van der Waals surface area contributed by atoms with Crippen molar-refractivity contribution < 1.29 is 8.42 Å². The standard InChI is InChI=1S/C10H18N4O2S/c1-3-9-13-8(11)7-10(14-9)12-5-4-6-17(2,15)16/h7H,3-6H2,1-2H3,(H3,11,12,13,14). The largest absolute Gasteiger partial charge is 0.384 e. The van der Waals surface area contributed by atoms with Crippen LogP contribution in [0.3, 0.4) is 0 Å². The van der Waals surface area contributed by atoms with Crippen LogP contribution in [0.25, 0.3) is 0 Å². The van der Waals surface area contributed by atoms with Gasteiger partial charge >= 0.3 is 0 Å². The molecule has 0 aliphatic heterocycles. The number of rotatable bonds is 6. The molecule has 17 heavy (non-hydrogen) atoms. The molecule has 1 aromatic heterocycles. The van der Waals surface area contributed by atoms with Crippen LogP contribution in [-0.2, 0) is 16.3 Å². The lowest BCUT2D eigenvalue weighted by atomic mass is 10.4. The molecule has 0 radical (unpaired) electrons. The van der Waals surface area contributed by atoms with Crippen molar-refractivity contribution in [3.05, 3.63) is 11.9 Å². The summed E-state index contributed by atoms with van der Waals surface area (Å²) in [6, 6.07) is 1.64. The summed E-state index contributed by atoms with van der Waals surface area (Å²) in [6.07, 6.45) is 2.48. The lowest BCUT2D eigenvalue weighted by molar-refractivity contribution is 0.600. The second-order valence-electron chi connectivity index (χ2n) is 3.86. The maximum atomic E-state index is 10.9. The van der Waals surface area contributed by atoms with E-state index in [0.29, 0.717) is 36.8 Å². The Morgan fingerprint density at radius 1 is 1.41 bits per heavy atom. The molecule has 96 valence electrons. The molecular formula is C10H18N4O2S. The van der Waals surface area contributed by atoms with Crippen LogP contribution in [0.4, 0.5) is 11.6 Å². The smallest absolute Gasteiger partial charge is 0.147 e. The van der Waals surface area contributed by atoms with Crippen molar-refractivity contribution in [3.63, 3.8) is 0 Å². The molecule has 0 spiro atoms. The molecule has 3 N–H and O–H groups in total. The quantitative estimate of drug-likeness (QED) is 0.720. The van der Waals surface area contributed by atoms with E-state index in [2.05, 4.69) is 15.3 Å².